The third-order valence-electron chi connectivity index (χ3n) is 4.44. The molecule has 1 fully saturated rings. The van der Waals surface area contributed by atoms with Crippen molar-refractivity contribution in [1.29, 1.82) is 0 Å². The lowest BCUT2D eigenvalue weighted by Crippen LogP contribution is -2.15. The van der Waals surface area contributed by atoms with Crippen LogP contribution in [0.1, 0.15) is 51.2 Å². The summed E-state index contributed by atoms with van der Waals surface area (Å²) in [5, 5.41) is 22.7. The van der Waals surface area contributed by atoms with Crippen molar-refractivity contribution in [2.45, 2.75) is 45.4 Å². The molecular weight excluding hydrogens is 322 g/mol. The van der Waals surface area contributed by atoms with Gasteiger partial charge in [0.2, 0.25) is 0 Å². The highest BCUT2D eigenvalue weighted by atomic mass is 16.6. The minimum atomic E-state index is -0.566. The number of hydrogen-bond acceptors (Lipinski definition) is 5. The minimum Gasteiger partial charge on any atom is -0.380 e. The third-order valence-corrected chi connectivity index (χ3v) is 4.44. The van der Waals surface area contributed by atoms with Crippen molar-refractivity contribution in [3.8, 4) is 0 Å². The normalized spacial score (nSPS) is 14.7. The van der Waals surface area contributed by atoms with E-state index in [1.54, 1.807) is 12.1 Å². The van der Waals surface area contributed by atoms with E-state index in [-0.39, 0.29) is 11.4 Å². The maximum Gasteiger partial charge on any atom is 0.283 e. The molecule has 0 bridgehead atoms. The maximum absolute atomic E-state index is 11.4. The van der Waals surface area contributed by atoms with Gasteiger partial charge in [-0.1, -0.05) is 33.6 Å². The van der Waals surface area contributed by atoms with Gasteiger partial charge < -0.3 is 4.90 Å². The minimum absolute atomic E-state index is 0.210. The van der Waals surface area contributed by atoms with Crippen LogP contribution >= 0.6 is 0 Å². The van der Waals surface area contributed by atoms with E-state index >= 15 is 0 Å². The van der Waals surface area contributed by atoms with Gasteiger partial charge in [0.15, 0.2) is 0 Å². The molecule has 7 heteroatoms. The average molecular weight is 347 g/mol. The van der Waals surface area contributed by atoms with Gasteiger partial charge in [-0.2, -0.15) is 0 Å². The van der Waals surface area contributed by atoms with Crippen LogP contribution in [0.3, 0.4) is 0 Å². The fourth-order valence-corrected chi connectivity index (χ4v) is 2.71. The summed E-state index contributed by atoms with van der Waals surface area (Å²) in [6.07, 6.45) is 7.18. The standard InChI is InChI=1S/C18H25N3O4/c1-18(2,3)15-11-14(8-10-19(4)9-7-13-5-6-13)16(20(22)23)12-17(15)21(24)25/h8,10-13H,5-7,9H2,1-4H3/b10-8+. The van der Waals surface area contributed by atoms with Gasteiger partial charge in [-0.15, -0.1) is 0 Å². The Bertz CT molecular complexity index is 703. The van der Waals surface area contributed by atoms with E-state index in [4.69, 9.17) is 0 Å². The third kappa shape index (κ3) is 5.01. The molecule has 136 valence electrons. The van der Waals surface area contributed by atoms with E-state index in [0.29, 0.717) is 11.1 Å². The molecule has 1 saturated carbocycles. The number of benzene rings is 1. The van der Waals surface area contributed by atoms with Gasteiger partial charge in [-0.05, 0) is 36.1 Å². The van der Waals surface area contributed by atoms with Gasteiger partial charge in [0.05, 0.1) is 21.5 Å². The smallest absolute Gasteiger partial charge is 0.283 e. The number of nitro groups is 2. The first-order chi connectivity index (χ1) is 11.6. The molecule has 0 saturated heterocycles. The van der Waals surface area contributed by atoms with Crippen molar-refractivity contribution >= 4 is 17.5 Å². The summed E-state index contributed by atoms with van der Waals surface area (Å²) in [5.74, 6) is 0.817. The molecule has 0 N–H and O–H groups in total. The monoisotopic (exact) mass is 347 g/mol. The Morgan fingerprint density at radius 1 is 1.16 bits per heavy atom. The molecule has 0 aliphatic heterocycles. The summed E-state index contributed by atoms with van der Waals surface area (Å²) >= 11 is 0. The molecule has 25 heavy (non-hydrogen) atoms. The van der Waals surface area contributed by atoms with Crippen molar-refractivity contribution in [1.82, 2.24) is 4.90 Å². The molecule has 0 heterocycles. The molecule has 1 aliphatic rings. The van der Waals surface area contributed by atoms with Gasteiger partial charge in [0, 0.05) is 19.2 Å². The van der Waals surface area contributed by atoms with Crippen molar-refractivity contribution in [2.24, 2.45) is 5.92 Å². The number of rotatable bonds is 7. The van der Waals surface area contributed by atoms with E-state index in [2.05, 4.69) is 0 Å². The van der Waals surface area contributed by atoms with Crippen LogP contribution in [0, 0.1) is 26.1 Å². The second-order valence-electron chi connectivity index (χ2n) is 7.72. The Kier molecular flexibility index (Phi) is 5.45. The average Bonchev–Trinajstić information content (AvgIpc) is 3.33. The van der Waals surface area contributed by atoms with E-state index in [9.17, 15) is 20.2 Å². The van der Waals surface area contributed by atoms with E-state index < -0.39 is 15.3 Å². The lowest BCUT2D eigenvalue weighted by Gasteiger charge is -2.19. The van der Waals surface area contributed by atoms with E-state index in [1.165, 1.54) is 12.8 Å². The summed E-state index contributed by atoms with van der Waals surface area (Å²) in [6, 6.07) is 2.64. The van der Waals surface area contributed by atoms with Gasteiger partial charge in [0.1, 0.15) is 0 Å². The fourth-order valence-electron chi connectivity index (χ4n) is 2.71. The highest BCUT2D eigenvalue weighted by Gasteiger charge is 2.29. The maximum atomic E-state index is 11.4. The predicted octanol–water partition coefficient (Wildman–Crippen LogP) is 4.50. The van der Waals surface area contributed by atoms with Crippen molar-refractivity contribution < 1.29 is 9.85 Å². The van der Waals surface area contributed by atoms with Gasteiger partial charge >= 0.3 is 0 Å². The van der Waals surface area contributed by atoms with Crippen molar-refractivity contribution in [2.75, 3.05) is 13.6 Å². The second-order valence-corrected chi connectivity index (χ2v) is 7.72. The van der Waals surface area contributed by atoms with Crippen LogP contribution in [0.25, 0.3) is 6.08 Å². The Morgan fingerprint density at radius 2 is 1.76 bits per heavy atom. The Morgan fingerprint density at radius 3 is 2.24 bits per heavy atom. The molecule has 0 atom stereocenters. The molecule has 7 nitrogen and oxygen atoms in total. The van der Waals surface area contributed by atoms with Crippen LogP contribution < -0.4 is 0 Å². The topological polar surface area (TPSA) is 89.5 Å². The zero-order valence-electron chi connectivity index (χ0n) is 15.2. The number of nitrogens with zero attached hydrogens (tertiary/aromatic N) is 3. The van der Waals surface area contributed by atoms with Crippen LogP contribution in [0.4, 0.5) is 11.4 Å². The highest BCUT2D eigenvalue weighted by Crippen LogP contribution is 2.37. The first-order valence-corrected chi connectivity index (χ1v) is 8.45. The second kappa shape index (κ2) is 7.21. The Labute approximate surface area is 147 Å². The molecule has 0 unspecified atom stereocenters. The van der Waals surface area contributed by atoms with Gasteiger partial charge in [-0.25, -0.2) is 0 Å². The quantitative estimate of drug-likeness (QED) is 0.535. The summed E-state index contributed by atoms with van der Waals surface area (Å²) in [7, 11) is 1.93. The summed E-state index contributed by atoms with van der Waals surface area (Å²) < 4.78 is 0. The fraction of sp³-hybridized carbons (Fsp3) is 0.556. The number of hydrogen-bond donors (Lipinski definition) is 0. The molecule has 1 aliphatic carbocycles. The molecule has 2 rings (SSSR count). The Hall–Kier alpha value is -2.44. The lowest BCUT2D eigenvalue weighted by atomic mass is 9.84. The molecule has 1 aromatic carbocycles. The van der Waals surface area contributed by atoms with E-state index in [1.807, 2.05) is 38.9 Å². The highest BCUT2D eigenvalue weighted by molar-refractivity contribution is 5.67. The molecule has 0 radical (unpaired) electrons. The summed E-state index contributed by atoms with van der Waals surface area (Å²) in [5.41, 5.74) is -0.0648. The van der Waals surface area contributed by atoms with Gasteiger partial charge in [0.25, 0.3) is 11.4 Å². The molecule has 0 spiro atoms. The van der Waals surface area contributed by atoms with Crippen molar-refractivity contribution in [3.05, 3.63) is 49.7 Å². The molecule has 0 amide bonds. The first-order valence-electron chi connectivity index (χ1n) is 8.45. The van der Waals surface area contributed by atoms with Crippen LogP contribution in [0.5, 0.6) is 0 Å². The zero-order valence-corrected chi connectivity index (χ0v) is 15.2. The SMILES string of the molecule is CN(/C=C/c1cc(C(C)(C)C)c([N+](=O)[O-])cc1[N+](=O)[O-])CCC1CC1. The predicted molar refractivity (Wildman–Crippen MR) is 97.5 cm³/mol. The summed E-state index contributed by atoms with van der Waals surface area (Å²) in [4.78, 5) is 23.6. The summed E-state index contributed by atoms with van der Waals surface area (Å²) in [6.45, 7) is 6.47. The van der Waals surface area contributed by atoms with Crippen LogP contribution in [-0.2, 0) is 5.41 Å². The van der Waals surface area contributed by atoms with Crippen molar-refractivity contribution in [3.63, 3.8) is 0 Å². The first kappa shape index (κ1) is 18.9. The number of nitro benzene ring substituents is 2. The van der Waals surface area contributed by atoms with Crippen LogP contribution in [-0.4, -0.2) is 28.3 Å². The zero-order chi connectivity index (χ0) is 18.8. The van der Waals surface area contributed by atoms with Crippen LogP contribution in [0.2, 0.25) is 0 Å². The lowest BCUT2D eigenvalue weighted by molar-refractivity contribution is -0.394. The largest absolute Gasteiger partial charge is 0.380 e. The Balaban J connectivity index is 2.36. The molecular formula is C18H25N3O4. The van der Waals surface area contributed by atoms with E-state index in [0.717, 1.165) is 24.9 Å². The van der Waals surface area contributed by atoms with Crippen LogP contribution in [0.15, 0.2) is 18.3 Å². The molecule has 1 aromatic rings. The van der Waals surface area contributed by atoms with Gasteiger partial charge in [-0.3, -0.25) is 20.2 Å². The molecule has 0 aromatic heterocycles.